The van der Waals surface area contributed by atoms with E-state index in [0.29, 0.717) is 11.6 Å². The van der Waals surface area contributed by atoms with Crippen LogP contribution in [0.4, 0.5) is 21.5 Å². The molecule has 130 valence electrons. The minimum absolute atomic E-state index is 0.257. The van der Waals surface area contributed by atoms with Crippen LogP contribution in [0.1, 0.15) is 30.9 Å². The zero-order valence-electron chi connectivity index (χ0n) is 14.6. The Morgan fingerprint density at radius 2 is 1.84 bits per heavy atom. The highest BCUT2D eigenvalue weighted by molar-refractivity contribution is 6.07. The van der Waals surface area contributed by atoms with Crippen molar-refractivity contribution in [1.82, 2.24) is 10.2 Å². The first-order valence-electron chi connectivity index (χ1n) is 8.87. The lowest BCUT2D eigenvalue weighted by atomic mass is 9.98. The van der Waals surface area contributed by atoms with Gasteiger partial charge >= 0.3 is 0 Å². The first-order valence-corrected chi connectivity index (χ1v) is 8.87. The van der Waals surface area contributed by atoms with Crippen LogP contribution in [0.3, 0.4) is 0 Å². The number of aliphatic imine (C=N–C) groups is 1. The summed E-state index contributed by atoms with van der Waals surface area (Å²) in [6.07, 6.45) is 0. The lowest BCUT2D eigenvalue weighted by molar-refractivity contribution is 0.358. The van der Waals surface area contributed by atoms with E-state index in [-0.39, 0.29) is 5.82 Å². The Balaban J connectivity index is 1.88. The van der Waals surface area contributed by atoms with Crippen LogP contribution in [0, 0.1) is 5.82 Å². The standard InChI is InChI=1S/C20H23FN4/c1-13(2)14-3-5-17-16(11-14)20(25-9-7-22-8-10-25)24-18-6-4-15(21)12-19(18)23-17/h3-6,11-13,22-23H,7-10H2,1-2H3. The number of anilines is 2. The molecule has 0 saturated carbocycles. The summed E-state index contributed by atoms with van der Waals surface area (Å²) in [5.41, 5.74) is 4.83. The van der Waals surface area contributed by atoms with Gasteiger partial charge in [-0.15, -0.1) is 0 Å². The minimum atomic E-state index is -0.257. The first-order chi connectivity index (χ1) is 12.1. The monoisotopic (exact) mass is 338 g/mol. The largest absolute Gasteiger partial charge is 0.353 e. The zero-order valence-corrected chi connectivity index (χ0v) is 14.6. The molecule has 0 aromatic heterocycles. The molecule has 0 unspecified atom stereocenters. The average Bonchev–Trinajstić information content (AvgIpc) is 2.78. The summed E-state index contributed by atoms with van der Waals surface area (Å²) in [6.45, 7) is 8.11. The Labute approximate surface area is 147 Å². The maximum absolute atomic E-state index is 13.7. The fourth-order valence-corrected chi connectivity index (χ4v) is 3.36. The van der Waals surface area contributed by atoms with E-state index >= 15 is 0 Å². The van der Waals surface area contributed by atoms with Gasteiger partial charge in [0.25, 0.3) is 0 Å². The van der Waals surface area contributed by atoms with E-state index in [1.807, 2.05) is 0 Å². The molecular weight excluding hydrogens is 315 g/mol. The minimum Gasteiger partial charge on any atom is -0.353 e. The van der Waals surface area contributed by atoms with E-state index in [4.69, 9.17) is 4.99 Å². The summed E-state index contributed by atoms with van der Waals surface area (Å²) in [5.74, 6) is 1.15. The quantitative estimate of drug-likeness (QED) is 0.826. The van der Waals surface area contributed by atoms with E-state index in [1.54, 1.807) is 6.07 Å². The molecule has 1 fully saturated rings. The normalized spacial score (nSPS) is 16.6. The van der Waals surface area contributed by atoms with Gasteiger partial charge in [0.1, 0.15) is 11.7 Å². The third-order valence-electron chi connectivity index (χ3n) is 4.82. The van der Waals surface area contributed by atoms with Crippen LogP contribution in [0.15, 0.2) is 41.4 Å². The molecule has 0 atom stereocenters. The van der Waals surface area contributed by atoms with E-state index in [1.165, 1.54) is 17.7 Å². The van der Waals surface area contributed by atoms with Crippen molar-refractivity contribution in [1.29, 1.82) is 0 Å². The van der Waals surface area contributed by atoms with Gasteiger partial charge in [-0.25, -0.2) is 9.38 Å². The number of nitrogens with one attached hydrogen (secondary N) is 2. The van der Waals surface area contributed by atoms with Gasteiger partial charge in [0.2, 0.25) is 0 Å². The maximum Gasteiger partial charge on any atom is 0.138 e. The van der Waals surface area contributed by atoms with Crippen molar-refractivity contribution in [2.75, 3.05) is 31.5 Å². The van der Waals surface area contributed by atoms with Gasteiger partial charge in [-0.1, -0.05) is 19.9 Å². The van der Waals surface area contributed by atoms with Crippen molar-refractivity contribution in [3.63, 3.8) is 0 Å². The smallest absolute Gasteiger partial charge is 0.138 e. The Morgan fingerprint density at radius 3 is 2.60 bits per heavy atom. The van der Waals surface area contributed by atoms with E-state index in [9.17, 15) is 4.39 Å². The third kappa shape index (κ3) is 3.12. The van der Waals surface area contributed by atoms with Gasteiger partial charge in [0, 0.05) is 37.4 Å². The van der Waals surface area contributed by atoms with Crippen molar-refractivity contribution in [3.05, 3.63) is 53.3 Å². The van der Waals surface area contributed by atoms with E-state index < -0.39 is 0 Å². The Hall–Kier alpha value is -2.40. The molecule has 2 aliphatic rings. The lowest BCUT2D eigenvalue weighted by Crippen LogP contribution is -2.46. The van der Waals surface area contributed by atoms with Gasteiger partial charge in [0.15, 0.2) is 0 Å². The summed E-state index contributed by atoms with van der Waals surface area (Å²) >= 11 is 0. The van der Waals surface area contributed by atoms with Crippen molar-refractivity contribution in [2.45, 2.75) is 19.8 Å². The highest BCUT2D eigenvalue weighted by atomic mass is 19.1. The third-order valence-corrected chi connectivity index (χ3v) is 4.82. The molecule has 25 heavy (non-hydrogen) atoms. The molecule has 0 amide bonds. The van der Waals surface area contributed by atoms with E-state index in [0.717, 1.165) is 49.0 Å². The van der Waals surface area contributed by atoms with Gasteiger partial charge in [-0.2, -0.15) is 0 Å². The zero-order chi connectivity index (χ0) is 17.4. The molecule has 0 radical (unpaired) electrons. The molecule has 5 heteroatoms. The molecule has 0 spiro atoms. The summed E-state index contributed by atoms with van der Waals surface area (Å²) in [4.78, 5) is 7.25. The Bertz CT molecular complexity index is 822. The Morgan fingerprint density at radius 1 is 1.04 bits per heavy atom. The number of hydrogen-bond acceptors (Lipinski definition) is 4. The second-order valence-corrected chi connectivity index (χ2v) is 6.92. The molecule has 0 bridgehead atoms. The van der Waals surface area contributed by atoms with Crippen LogP contribution in [-0.4, -0.2) is 36.9 Å². The maximum atomic E-state index is 13.7. The molecular formula is C20H23FN4. The van der Waals surface area contributed by atoms with Crippen LogP contribution in [-0.2, 0) is 0 Å². The van der Waals surface area contributed by atoms with Crippen LogP contribution < -0.4 is 10.6 Å². The van der Waals surface area contributed by atoms with Crippen LogP contribution in [0.25, 0.3) is 0 Å². The summed E-state index contributed by atoms with van der Waals surface area (Å²) in [5, 5.41) is 6.77. The molecule has 4 rings (SSSR count). The number of piperazine rings is 1. The van der Waals surface area contributed by atoms with Crippen molar-refractivity contribution in [2.24, 2.45) is 4.99 Å². The predicted octanol–water partition coefficient (Wildman–Crippen LogP) is 3.99. The van der Waals surface area contributed by atoms with Crippen molar-refractivity contribution in [3.8, 4) is 0 Å². The summed E-state index contributed by atoms with van der Waals surface area (Å²) in [6, 6.07) is 11.2. The molecule has 0 aliphatic carbocycles. The number of hydrogen-bond donors (Lipinski definition) is 2. The van der Waals surface area contributed by atoms with Gasteiger partial charge in [-0.3, -0.25) is 0 Å². The van der Waals surface area contributed by atoms with Crippen molar-refractivity contribution >= 4 is 22.9 Å². The first kappa shape index (κ1) is 16.1. The molecule has 2 N–H and O–H groups in total. The van der Waals surface area contributed by atoms with Gasteiger partial charge in [-0.05, 0) is 41.8 Å². The lowest BCUT2D eigenvalue weighted by Gasteiger charge is -2.31. The molecule has 2 heterocycles. The Kier molecular flexibility index (Phi) is 4.17. The molecule has 2 aromatic carbocycles. The fraction of sp³-hybridized carbons (Fsp3) is 0.350. The molecule has 1 saturated heterocycles. The molecule has 4 nitrogen and oxygen atoms in total. The number of halogens is 1. The topological polar surface area (TPSA) is 39.7 Å². The average molecular weight is 338 g/mol. The predicted molar refractivity (Wildman–Crippen MR) is 101 cm³/mol. The molecule has 2 aromatic rings. The number of rotatable bonds is 1. The van der Waals surface area contributed by atoms with Crippen LogP contribution in [0.5, 0.6) is 0 Å². The number of fused-ring (bicyclic) bond motifs is 2. The SMILES string of the molecule is CC(C)c1ccc2c(c1)C(N1CCNCC1)=Nc1ccc(F)cc1N2. The van der Waals surface area contributed by atoms with Crippen LogP contribution in [0.2, 0.25) is 0 Å². The van der Waals surface area contributed by atoms with Crippen molar-refractivity contribution < 1.29 is 4.39 Å². The summed E-state index contributed by atoms with van der Waals surface area (Å²) in [7, 11) is 0. The van der Waals surface area contributed by atoms with Gasteiger partial charge < -0.3 is 15.5 Å². The number of amidine groups is 1. The number of nitrogens with zero attached hydrogens (tertiary/aromatic N) is 2. The molecule has 2 aliphatic heterocycles. The fourth-order valence-electron chi connectivity index (χ4n) is 3.36. The van der Waals surface area contributed by atoms with Crippen LogP contribution >= 0.6 is 0 Å². The highest BCUT2D eigenvalue weighted by Gasteiger charge is 2.23. The highest BCUT2D eigenvalue weighted by Crippen LogP contribution is 2.36. The van der Waals surface area contributed by atoms with E-state index in [2.05, 4.69) is 47.6 Å². The number of benzene rings is 2. The second kappa shape index (κ2) is 6.48. The van der Waals surface area contributed by atoms with Gasteiger partial charge in [0.05, 0.1) is 11.4 Å². The summed E-state index contributed by atoms with van der Waals surface area (Å²) < 4.78 is 13.7. The second-order valence-electron chi connectivity index (χ2n) is 6.92.